The van der Waals surface area contributed by atoms with Crippen LogP contribution < -0.4 is 4.74 Å². The number of para-hydroxylation sites is 1. The fourth-order valence-corrected chi connectivity index (χ4v) is 3.63. The summed E-state index contributed by atoms with van der Waals surface area (Å²) in [6, 6.07) is 11.9. The molecule has 1 aliphatic heterocycles. The van der Waals surface area contributed by atoms with Gasteiger partial charge < -0.3 is 19.8 Å². The number of hydrogen-bond donors (Lipinski definition) is 2. The Bertz CT molecular complexity index is 712. The SMILES string of the molecule is COc1cccc([C@H](O)C2CCN(CCc3ccc(F)cc3)CC2)c1O. The van der Waals surface area contributed by atoms with Crippen molar-refractivity contribution < 1.29 is 19.3 Å². The summed E-state index contributed by atoms with van der Waals surface area (Å²) < 4.78 is 18.1. The van der Waals surface area contributed by atoms with Gasteiger partial charge in [0.15, 0.2) is 11.5 Å². The van der Waals surface area contributed by atoms with Crippen molar-refractivity contribution in [2.75, 3.05) is 26.7 Å². The standard InChI is InChI=1S/C21H26FNO3/c1-26-19-4-2-3-18(21(19)25)20(24)16-10-13-23(14-11-16)12-9-15-5-7-17(22)8-6-15/h2-8,16,20,24-25H,9-14H2,1H3/t20-/m1/s1. The normalized spacial score (nSPS) is 17.2. The number of aromatic hydroxyl groups is 1. The molecule has 0 radical (unpaired) electrons. The van der Waals surface area contributed by atoms with Crippen LogP contribution in [0.1, 0.15) is 30.1 Å². The molecule has 140 valence electrons. The fraction of sp³-hybridized carbons (Fsp3) is 0.429. The van der Waals surface area contributed by atoms with Gasteiger partial charge in [0.05, 0.1) is 13.2 Å². The lowest BCUT2D eigenvalue weighted by molar-refractivity contribution is 0.0573. The molecule has 1 aliphatic rings. The van der Waals surface area contributed by atoms with Gasteiger partial charge in [-0.15, -0.1) is 0 Å². The number of aliphatic hydroxyl groups excluding tert-OH is 1. The highest BCUT2D eigenvalue weighted by Gasteiger charge is 2.28. The van der Waals surface area contributed by atoms with Crippen molar-refractivity contribution in [3.8, 4) is 11.5 Å². The number of halogens is 1. The second-order valence-electron chi connectivity index (χ2n) is 6.90. The first-order valence-corrected chi connectivity index (χ1v) is 9.09. The first-order valence-electron chi connectivity index (χ1n) is 9.09. The molecule has 0 aromatic heterocycles. The van der Waals surface area contributed by atoms with Gasteiger partial charge in [-0.2, -0.15) is 0 Å². The summed E-state index contributed by atoms with van der Waals surface area (Å²) in [5, 5.41) is 20.9. The van der Waals surface area contributed by atoms with Crippen LogP contribution in [0.25, 0.3) is 0 Å². The van der Waals surface area contributed by atoms with Crippen LogP contribution in [0.2, 0.25) is 0 Å². The highest BCUT2D eigenvalue weighted by atomic mass is 19.1. The van der Waals surface area contributed by atoms with Crippen LogP contribution in [0, 0.1) is 11.7 Å². The average Bonchev–Trinajstić information content (AvgIpc) is 2.68. The lowest BCUT2D eigenvalue weighted by Gasteiger charge is -2.34. The number of nitrogens with zero attached hydrogens (tertiary/aromatic N) is 1. The summed E-state index contributed by atoms with van der Waals surface area (Å²) in [7, 11) is 1.50. The number of phenolic OH excluding ortho intramolecular Hbond substituents is 1. The topological polar surface area (TPSA) is 52.9 Å². The van der Waals surface area contributed by atoms with Crippen LogP contribution >= 0.6 is 0 Å². The summed E-state index contributed by atoms with van der Waals surface area (Å²) in [5.74, 6) is 0.332. The Balaban J connectivity index is 1.52. The molecule has 1 fully saturated rings. The average molecular weight is 359 g/mol. The molecule has 1 saturated heterocycles. The van der Waals surface area contributed by atoms with Gasteiger partial charge >= 0.3 is 0 Å². The molecular weight excluding hydrogens is 333 g/mol. The summed E-state index contributed by atoms with van der Waals surface area (Å²) in [5.41, 5.74) is 1.67. The number of piperidine rings is 1. The van der Waals surface area contributed by atoms with Gasteiger partial charge in [-0.25, -0.2) is 4.39 Å². The number of aliphatic hydroxyl groups is 1. The molecule has 5 heteroatoms. The van der Waals surface area contributed by atoms with E-state index in [1.807, 2.05) is 12.1 Å². The summed E-state index contributed by atoms with van der Waals surface area (Å²) in [6.45, 7) is 2.75. The zero-order chi connectivity index (χ0) is 18.5. The van der Waals surface area contributed by atoms with Crippen LogP contribution in [0.5, 0.6) is 11.5 Å². The Hall–Kier alpha value is -2.11. The van der Waals surface area contributed by atoms with Gasteiger partial charge in [0.25, 0.3) is 0 Å². The number of phenols is 1. The van der Waals surface area contributed by atoms with Gasteiger partial charge in [-0.05, 0) is 62.0 Å². The molecule has 0 bridgehead atoms. The molecular formula is C21H26FNO3. The highest BCUT2D eigenvalue weighted by molar-refractivity contribution is 5.46. The van der Waals surface area contributed by atoms with Crippen LogP contribution in [0.3, 0.4) is 0 Å². The van der Waals surface area contributed by atoms with Gasteiger partial charge in [0.1, 0.15) is 5.82 Å². The van der Waals surface area contributed by atoms with E-state index in [1.54, 1.807) is 18.2 Å². The Labute approximate surface area is 153 Å². The smallest absolute Gasteiger partial charge is 0.163 e. The Morgan fingerprint density at radius 1 is 1.15 bits per heavy atom. The number of ether oxygens (including phenoxy) is 1. The van der Waals surface area contributed by atoms with Crippen LogP contribution in [-0.2, 0) is 6.42 Å². The molecule has 4 nitrogen and oxygen atoms in total. The summed E-state index contributed by atoms with van der Waals surface area (Å²) in [6.07, 6.45) is 1.96. The zero-order valence-corrected chi connectivity index (χ0v) is 15.1. The molecule has 0 saturated carbocycles. The number of rotatable bonds is 6. The van der Waals surface area contributed by atoms with Crippen molar-refractivity contribution in [1.82, 2.24) is 4.90 Å². The van der Waals surface area contributed by atoms with Crippen LogP contribution in [0.15, 0.2) is 42.5 Å². The molecule has 1 atom stereocenters. The van der Waals surface area contributed by atoms with Gasteiger partial charge in [0.2, 0.25) is 0 Å². The Morgan fingerprint density at radius 3 is 2.50 bits per heavy atom. The first-order chi connectivity index (χ1) is 12.6. The van der Waals surface area contributed by atoms with E-state index >= 15 is 0 Å². The number of hydrogen-bond acceptors (Lipinski definition) is 4. The monoisotopic (exact) mass is 359 g/mol. The van der Waals surface area contributed by atoms with E-state index < -0.39 is 6.10 Å². The minimum atomic E-state index is -0.690. The molecule has 0 unspecified atom stereocenters. The quantitative estimate of drug-likeness (QED) is 0.829. The van der Waals surface area contributed by atoms with E-state index in [2.05, 4.69) is 4.90 Å². The van der Waals surface area contributed by atoms with Crippen molar-refractivity contribution in [2.24, 2.45) is 5.92 Å². The van der Waals surface area contributed by atoms with Crippen molar-refractivity contribution in [3.63, 3.8) is 0 Å². The third-order valence-electron chi connectivity index (χ3n) is 5.28. The lowest BCUT2D eigenvalue weighted by Crippen LogP contribution is -2.36. The highest BCUT2D eigenvalue weighted by Crippen LogP contribution is 2.39. The fourth-order valence-electron chi connectivity index (χ4n) is 3.63. The van der Waals surface area contributed by atoms with E-state index in [9.17, 15) is 14.6 Å². The summed E-state index contributed by atoms with van der Waals surface area (Å²) >= 11 is 0. The third kappa shape index (κ3) is 4.34. The van der Waals surface area contributed by atoms with E-state index in [-0.39, 0.29) is 17.5 Å². The number of benzene rings is 2. The molecule has 1 heterocycles. The molecule has 0 spiro atoms. The van der Waals surface area contributed by atoms with E-state index in [0.717, 1.165) is 44.5 Å². The zero-order valence-electron chi connectivity index (χ0n) is 15.1. The lowest BCUT2D eigenvalue weighted by atomic mass is 9.87. The molecule has 0 aliphatic carbocycles. The second-order valence-corrected chi connectivity index (χ2v) is 6.90. The molecule has 2 aromatic rings. The van der Waals surface area contributed by atoms with Crippen molar-refractivity contribution >= 4 is 0 Å². The van der Waals surface area contributed by atoms with Crippen molar-refractivity contribution in [2.45, 2.75) is 25.4 Å². The number of likely N-dealkylation sites (tertiary alicyclic amines) is 1. The Morgan fingerprint density at radius 2 is 1.85 bits per heavy atom. The van der Waals surface area contributed by atoms with Crippen molar-refractivity contribution in [1.29, 1.82) is 0 Å². The van der Waals surface area contributed by atoms with Gasteiger partial charge in [0, 0.05) is 12.1 Å². The first kappa shape index (κ1) is 18.7. The van der Waals surface area contributed by atoms with Gasteiger partial charge in [-0.1, -0.05) is 24.3 Å². The maximum atomic E-state index is 13.0. The van der Waals surface area contributed by atoms with E-state index in [1.165, 1.54) is 19.2 Å². The molecule has 2 aromatic carbocycles. The summed E-state index contributed by atoms with van der Waals surface area (Å²) in [4.78, 5) is 2.37. The minimum Gasteiger partial charge on any atom is -0.504 e. The van der Waals surface area contributed by atoms with E-state index in [4.69, 9.17) is 4.74 Å². The predicted molar refractivity (Wildman–Crippen MR) is 98.9 cm³/mol. The molecule has 0 amide bonds. The minimum absolute atomic E-state index is 0.0289. The molecule has 2 N–H and O–H groups in total. The van der Waals surface area contributed by atoms with Gasteiger partial charge in [-0.3, -0.25) is 0 Å². The largest absolute Gasteiger partial charge is 0.504 e. The molecule has 26 heavy (non-hydrogen) atoms. The maximum Gasteiger partial charge on any atom is 0.163 e. The van der Waals surface area contributed by atoms with E-state index in [0.29, 0.717) is 11.3 Å². The third-order valence-corrected chi connectivity index (χ3v) is 5.28. The van der Waals surface area contributed by atoms with Crippen molar-refractivity contribution in [3.05, 3.63) is 59.4 Å². The Kier molecular flexibility index (Phi) is 6.12. The van der Waals surface area contributed by atoms with Crippen LogP contribution in [-0.4, -0.2) is 41.9 Å². The number of methoxy groups -OCH3 is 1. The second kappa shape index (κ2) is 8.52. The predicted octanol–water partition coefficient (Wildman–Crippen LogP) is 3.53. The maximum absolute atomic E-state index is 13.0. The molecule has 3 rings (SSSR count). The van der Waals surface area contributed by atoms with Crippen LogP contribution in [0.4, 0.5) is 4.39 Å².